The number of para-hydroxylation sites is 1. The zero-order valence-electron chi connectivity index (χ0n) is 18.8. The first-order valence-electron chi connectivity index (χ1n) is 11.5. The highest BCUT2D eigenvalue weighted by Crippen LogP contribution is 2.45. The second-order valence-electron chi connectivity index (χ2n) is 9.14. The number of hydrogen-bond donors (Lipinski definition) is 3. The molecule has 0 radical (unpaired) electrons. The molecule has 3 heterocycles. The first-order valence-corrected chi connectivity index (χ1v) is 11.5. The van der Waals surface area contributed by atoms with E-state index in [0.717, 1.165) is 29.3 Å². The van der Waals surface area contributed by atoms with Gasteiger partial charge >= 0.3 is 5.97 Å². The maximum Gasteiger partial charge on any atom is 0.335 e. The van der Waals surface area contributed by atoms with E-state index in [1.54, 1.807) is 40.0 Å². The van der Waals surface area contributed by atoms with E-state index in [4.69, 9.17) is 5.11 Å². The summed E-state index contributed by atoms with van der Waals surface area (Å²) in [6.45, 7) is 1.30. The van der Waals surface area contributed by atoms with Crippen molar-refractivity contribution in [3.8, 4) is 0 Å². The number of carbonyl (C=O) groups is 3. The van der Waals surface area contributed by atoms with E-state index in [1.807, 2.05) is 30.3 Å². The van der Waals surface area contributed by atoms with Crippen LogP contribution in [0.4, 0.5) is 0 Å². The molecule has 176 valence electrons. The van der Waals surface area contributed by atoms with Crippen molar-refractivity contribution < 1.29 is 19.5 Å². The number of H-pyrrole nitrogens is 1. The van der Waals surface area contributed by atoms with Crippen LogP contribution >= 0.6 is 0 Å². The molecule has 0 bridgehead atoms. The zero-order chi connectivity index (χ0) is 24.2. The lowest BCUT2D eigenvalue weighted by Gasteiger charge is -2.28. The third kappa shape index (κ3) is 3.65. The number of carboxylic acids is 1. The van der Waals surface area contributed by atoms with Crippen molar-refractivity contribution in [3.05, 3.63) is 88.9 Å². The summed E-state index contributed by atoms with van der Waals surface area (Å²) >= 11 is 0. The van der Waals surface area contributed by atoms with Crippen LogP contribution < -0.4 is 5.32 Å². The van der Waals surface area contributed by atoms with Gasteiger partial charge in [0, 0.05) is 17.4 Å². The Hall–Kier alpha value is -4.40. The highest BCUT2D eigenvalue weighted by atomic mass is 16.4. The van der Waals surface area contributed by atoms with E-state index in [2.05, 4.69) is 15.4 Å². The highest BCUT2D eigenvalue weighted by molar-refractivity contribution is 5.99. The molecule has 35 heavy (non-hydrogen) atoms. The molecule has 6 rings (SSSR count). The van der Waals surface area contributed by atoms with Gasteiger partial charge in [-0.3, -0.25) is 14.3 Å². The predicted octanol–water partition coefficient (Wildman–Crippen LogP) is 3.14. The van der Waals surface area contributed by atoms with Crippen LogP contribution in [0.15, 0.2) is 60.8 Å². The number of fused-ring (bicyclic) bond motifs is 2. The molecular weight excluding hydrogens is 446 g/mol. The quantitative estimate of drug-likeness (QED) is 0.415. The van der Waals surface area contributed by atoms with E-state index in [0.29, 0.717) is 30.0 Å². The second kappa shape index (κ2) is 7.83. The minimum atomic E-state index is -0.983. The molecule has 1 aliphatic heterocycles. The molecule has 1 aliphatic carbocycles. The summed E-state index contributed by atoms with van der Waals surface area (Å²) in [6.07, 6.45) is 3.12. The number of benzene rings is 2. The number of aromatic carboxylic acids is 1. The van der Waals surface area contributed by atoms with Gasteiger partial charge in [0.05, 0.1) is 41.6 Å². The first-order chi connectivity index (χ1) is 16.9. The number of nitrogens with one attached hydrogen (secondary N) is 2. The number of carbonyl (C=O) groups excluding carboxylic acids is 2. The number of carboxylic acid groups (broad SMARTS) is 1. The van der Waals surface area contributed by atoms with Crippen LogP contribution in [0.1, 0.15) is 55.3 Å². The fourth-order valence-corrected chi connectivity index (χ4v) is 4.79. The molecule has 3 N–H and O–H groups in total. The number of aromatic amines is 1. The summed E-state index contributed by atoms with van der Waals surface area (Å²) in [5.41, 5.74) is 3.17. The van der Waals surface area contributed by atoms with Crippen LogP contribution in [-0.4, -0.2) is 49.1 Å². The summed E-state index contributed by atoms with van der Waals surface area (Å²) in [7, 11) is 0. The summed E-state index contributed by atoms with van der Waals surface area (Å²) < 4.78 is 1.78. The number of rotatable bonds is 5. The largest absolute Gasteiger partial charge is 0.478 e. The summed E-state index contributed by atoms with van der Waals surface area (Å²) in [6, 6.07) is 16.2. The van der Waals surface area contributed by atoms with E-state index >= 15 is 0 Å². The van der Waals surface area contributed by atoms with E-state index in [9.17, 15) is 14.4 Å². The normalized spacial score (nSPS) is 16.1. The Bertz CT molecular complexity index is 1450. The van der Waals surface area contributed by atoms with E-state index in [1.165, 1.54) is 0 Å². The Morgan fingerprint density at radius 1 is 1.03 bits per heavy atom. The van der Waals surface area contributed by atoms with Gasteiger partial charge < -0.3 is 20.3 Å². The predicted molar refractivity (Wildman–Crippen MR) is 127 cm³/mol. The van der Waals surface area contributed by atoms with Gasteiger partial charge in [-0.25, -0.2) is 4.79 Å². The number of hydrogen-bond acceptors (Lipinski definition) is 4. The SMILES string of the molecule is O=C(O)c1ccc(C2(NC(=O)c3cnn4c3CN(C(=O)c3cc5ccccc5[nH]3)CC4)CC2)cc1. The lowest BCUT2D eigenvalue weighted by molar-refractivity contribution is 0.0689. The standard InChI is InChI=1S/C26H23N5O4/c32-23(29-26(9-10-26)18-7-5-16(6-8-18)25(34)35)19-14-27-31-12-11-30(15-22(19)31)24(33)21-13-17-3-1-2-4-20(17)28-21/h1-8,13-14,28H,9-12,15H2,(H,29,32)(H,34,35). The Labute approximate surface area is 200 Å². The minimum absolute atomic E-state index is 0.114. The van der Waals surface area contributed by atoms with Crippen LogP contribution in [0.3, 0.4) is 0 Å². The van der Waals surface area contributed by atoms with Crippen molar-refractivity contribution in [2.45, 2.75) is 31.5 Å². The van der Waals surface area contributed by atoms with Crippen molar-refractivity contribution >= 4 is 28.7 Å². The van der Waals surface area contributed by atoms with Crippen molar-refractivity contribution in [1.82, 2.24) is 25.0 Å². The molecule has 4 aromatic rings. The Morgan fingerprint density at radius 3 is 2.51 bits per heavy atom. The molecule has 0 spiro atoms. The lowest BCUT2D eigenvalue weighted by Crippen LogP contribution is -2.40. The fourth-order valence-electron chi connectivity index (χ4n) is 4.79. The third-order valence-corrected chi connectivity index (χ3v) is 6.95. The lowest BCUT2D eigenvalue weighted by atomic mass is 10.0. The third-order valence-electron chi connectivity index (χ3n) is 6.95. The Morgan fingerprint density at radius 2 is 1.80 bits per heavy atom. The Kier molecular flexibility index (Phi) is 4.73. The highest BCUT2D eigenvalue weighted by Gasteiger charge is 2.46. The molecule has 2 amide bonds. The van der Waals surface area contributed by atoms with Crippen LogP contribution in [-0.2, 0) is 18.6 Å². The molecule has 1 fully saturated rings. The summed E-state index contributed by atoms with van der Waals surface area (Å²) in [5, 5.41) is 17.6. The van der Waals surface area contributed by atoms with Gasteiger partial charge in [0.2, 0.25) is 0 Å². The van der Waals surface area contributed by atoms with Crippen LogP contribution in [0, 0.1) is 0 Å². The molecular formula is C26H23N5O4. The molecule has 9 nitrogen and oxygen atoms in total. The van der Waals surface area contributed by atoms with Gasteiger partial charge in [0.1, 0.15) is 5.69 Å². The Balaban J connectivity index is 1.21. The first kappa shape index (κ1) is 21.2. The smallest absolute Gasteiger partial charge is 0.335 e. The molecule has 0 unspecified atom stereocenters. The average Bonchev–Trinajstić information content (AvgIpc) is 3.33. The topological polar surface area (TPSA) is 120 Å². The van der Waals surface area contributed by atoms with Gasteiger partial charge in [-0.15, -0.1) is 0 Å². The molecule has 2 aromatic heterocycles. The summed E-state index contributed by atoms with van der Waals surface area (Å²) in [5.74, 6) is -1.34. The molecule has 2 aromatic carbocycles. The van der Waals surface area contributed by atoms with Crippen LogP contribution in [0.5, 0.6) is 0 Å². The zero-order valence-corrected chi connectivity index (χ0v) is 18.8. The molecule has 0 atom stereocenters. The number of amides is 2. The summed E-state index contributed by atoms with van der Waals surface area (Å²) in [4.78, 5) is 42.5. The van der Waals surface area contributed by atoms with Crippen LogP contribution in [0.2, 0.25) is 0 Å². The van der Waals surface area contributed by atoms with Gasteiger partial charge in [-0.1, -0.05) is 30.3 Å². The van der Waals surface area contributed by atoms with Gasteiger partial charge in [0.25, 0.3) is 11.8 Å². The monoisotopic (exact) mass is 469 g/mol. The van der Waals surface area contributed by atoms with E-state index < -0.39 is 11.5 Å². The van der Waals surface area contributed by atoms with Gasteiger partial charge in [-0.2, -0.15) is 5.10 Å². The van der Waals surface area contributed by atoms with E-state index in [-0.39, 0.29) is 23.9 Å². The van der Waals surface area contributed by atoms with Gasteiger partial charge in [-0.05, 0) is 42.7 Å². The number of nitrogens with zero attached hydrogens (tertiary/aromatic N) is 3. The second-order valence-corrected chi connectivity index (χ2v) is 9.14. The van der Waals surface area contributed by atoms with Crippen molar-refractivity contribution in [1.29, 1.82) is 0 Å². The average molecular weight is 470 g/mol. The minimum Gasteiger partial charge on any atom is -0.478 e. The van der Waals surface area contributed by atoms with Crippen molar-refractivity contribution in [2.24, 2.45) is 0 Å². The fraction of sp³-hybridized carbons (Fsp3) is 0.231. The maximum absolute atomic E-state index is 13.3. The molecule has 9 heteroatoms. The van der Waals surface area contributed by atoms with Crippen molar-refractivity contribution in [2.75, 3.05) is 6.54 Å². The molecule has 1 saturated carbocycles. The van der Waals surface area contributed by atoms with Gasteiger partial charge in [0.15, 0.2) is 0 Å². The maximum atomic E-state index is 13.3. The van der Waals surface area contributed by atoms with Crippen molar-refractivity contribution in [3.63, 3.8) is 0 Å². The molecule has 2 aliphatic rings. The number of aromatic nitrogens is 3. The van der Waals surface area contributed by atoms with Crippen LogP contribution in [0.25, 0.3) is 10.9 Å². The molecule has 0 saturated heterocycles.